The van der Waals surface area contributed by atoms with Crippen molar-refractivity contribution in [3.05, 3.63) is 5.92 Å². The van der Waals surface area contributed by atoms with Crippen LogP contribution in [0.15, 0.2) is 0 Å². The van der Waals surface area contributed by atoms with Crippen molar-refractivity contribution in [3.8, 4) is 0 Å². The van der Waals surface area contributed by atoms with Crippen molar-refractivity contribution in [3.63, 3.8) is 0 Å². The zero-order valence-electron chi connectivity index (χ0n) is 6.12. The molecule has 0 fully saturated rings. The van der Waals surface area contributed by atoms with Gasteiger partial charge in [-0.3, -0.25) is 0 Å². The summed E-state index contributed by atoms with van der Waals surface area (Å²) in [5.41, 5.74) is 0. The van der Waals surface area contributed by atoms with E-state index in [9.17, 15) is 0 Å². The Labute approximate surface area is 55.4 Å². The molecule has 0 bridgehead atoms. The second-order valence-electron chi connectivity index (χ2n) is 2.41. The second kappa shape index (κ2) is 5.32. The molecule has 0 saturated heterocycles. The standard InChI is InChI=1S/C6H16NSi/c1-6(2)4-3-5-7-8/h7H,3-5H2,1-2,8H3. The van der Waals surface area contributed by atoms with Gasteiger partial charge in [0, 0.05) is 0 Å². The fourth-order valence-corrected chi connectivity index (χ4v) is 0.972. The summed E-state index contributed by atoms with van der Waals surface area (Å²) in [4.78, 5) is 3.25. The third-order valence-electron chi connectivity index (χ3n) is 1.10. The minimum Gasteiger partial charge on any atom is -0.345 e. The van der Waals surface area contributed by atoms with Gasteiger partial charge in [0.1, 0.15) is 0 Å². The van der Waals surface area contributed by atoms with Crippen LogP contribution in [-0.4, -0.2) is 16.9 Å². The molecule has 0 heterocycles. The minimum absolute atomic E-state index is 1.14. The molecule has 0 rings (SSSR count). The molecule has 0 aliphatic rings. The first-order valence-electron chi connectivity index (χ1n) is 3.21. The van der Waals surface area contributed by atoms with Crippen molar-refractivity contribution >= 4 is 10.4 Å². The molecule has 49 valence electrons. The quantitative estimate of drug-likeness (QED) is 0.425. The molecule has 1 N–H and O–H groups in total. The fourth-order valence-electron chi connectivity index (χ4n) is 0.619. The van der Waals surface area contributed by atoms with Gasteiger partial charge in [0.15, 0.2) is 0 Å². The Morgan fingerprint density at radius 3 is 2.50 bits per heavy atom. The van der Waals surface area contributed by atoms with Crippen LogP contribution in [-0.2, 0) is 0 Å². The van der Waals surface area contributed by atoms with Crippen molar-refractivity contribution in [1.82, 2.24) is 4.98 Å². The number of rotatable bonds is 4. The van der Waals surface area contributed by atoms with E-state index < -0.39 is 0 Å². The summed E-state index contributed by atoms with van der Waals surface area (Å²) < 4.78 is 0. The van der Waals surface area contributed by atoms with Gasteiger partial charge in [-0.05, 0) is 25.3 Å². The van der Waals surface area contributed by atoms with Crippen molar-refractivity contribution in [2.45, 2.75) is 26.7 Å². The lowest BCUT2D eigenvalue weighted by molar-refractivity contribution is 0.731. The van der Waals surface area contributed by atoms with E-state index >= 15 is 0 Å². The van der Waals surface area contributed by atoms with E-state index in [0.29, 0.717) is 0 Å². The Bertz CT molecular complexity index is 45.8. The first kappa shape index (κ1) is 8.18. The summed E-state index contributed by atoms with van der Waals surface area (Å²) in [5, 5.41) is 0. The zero-order chi connectivity index (χ0) is 6.41. The van der Waals surface area contributed by atoms with Gasteiger partial charge in [-0.15, -0.1) is 0 Å². The monoisotopic (exact) mass is 130 g/mol. The van der Waals surface area contributed by atoms with E-state index in [1.165, 1.54) is 19.4 Å². The topological polar surface area (TPSA) is 12.0 Å². The van der Waals surface area contributed by atoms with Gasteiger partial charge >= 0.3 is 0 Å². The molecule has 0 aromatic heterocycles. The maximum Gasteiger partial charge on any atom is 0.0749 e. The zero-order valence-corrected chi connectivity index (χ0v) is 8.12. The average Bonchev–Trinajstić information content (AvgIpc) is 1.66. The molecule has 0 aromatic rings. The van der Waals surface area contributed by atoms with E-state index in [2.05, 4.69) is 18.8 Å². The van der Waals surface area contributed by atoms with Gasteiger partial charge in [-0.2, -0.15) is 0 Å². The molecule has 0 saturated carbocycles. The van der Waals surface area contributed by atoms with Gasteiger partial charge in [-0.1, -0.05) is 13.8 Å². The van der Waals surface area contributed by atoms with Crippen molar-refractivity contribution in [2.75, 3.05) is 6.54 Å². The first-order valence-corrected chi connectivity index (χ1v) is 4.21. The van der Waals surface area contributed by atoms with Gasteiger partial charge in [-0.25, -0.2) is 0 Å². The lowest BCUT2D eigenvalue weighted by Crippen LogP contribution is -2.09. The van der Waals surface area contributed by atoms with Crippen LogP contribution in [0.5, 0.6) is 0 Å². The van der Waals surface area contributed by atoms with Crippen LogP contribution in [0.3, 0.4) is 0 Å². The molecule has 1 radical (unpaired) electrons. The third-order valence-corrected chi connectivity index (χ3v) is 1.60. The lowest BCUT2D eigenvalue weighted by Gasteiger charge is -2.01. The van der Waals surface area contributed by atoms with Gasteiger partial charge in [0.05, 0.1) is 10.4 Å². The molecule has 2 heteroatoms. The summed E-state index contributed by atoms with van der Waals surface area (Å²) in [6, 6.07) is 0. The van der Waals surface area contributed by atoms with Crippen LogP contribution >= 0.6 is 0 Å². The van der Waals surface area contributed by atoms with Crippen molar-refractivity contribution in [2.24, 2.45) is 0 Å². The molecule has 0 aliphatic carbocycles. The Morgan fingerprint density at radius 1 is 1.50 bits per heavy atom. The van der Waals surface area contributed by atoms with E-state index in [1.807, 2.05) is 0 Å². The molecule has 0 aromatic carbocycles. The smallest absolute Gasteiger partial charge is 0.0749 e. The van der Waals surface area contributed by atoms with Crippen LogP contribution in [0, 0.1) is 5.92 Å². The maximum absolute atomic E-state index is 3.25. The highest BCUT2D eigenvalue weighted by Crippen LogP contribution is 2.03. The summed E-state index contributed by atoms with van der Waals surface area (Å²) in [6.45, 7) is 5.58. The van der Waals surface area contributed by atoms with Crippen LogP contribution in [0.2, 0.25) is 0 Å². The highest BCUT2D eigenvalue weighted by Gasteiger charge is 1.90. The van der Waals surface area contributed by atoms with E-state index in [1.54, 1.807) is 5.92 Å². The number of hydrogen-bond donors (Lipinski definition) is 1. The largest absolute Gasteiger partial charge is 0.345 e. The van der Waals surface area contributed by atoms with Crippen molar-refractivity contribution < 1.29 is 0 Å². The second-order valence-corrected chi connectivity index (χ2v) is 3.12. The van der Waals surface area contributed by atoms with E-state index in [0.717, 1.165) is 10.4 Å². The molecule has 1 nitrogen and oxygen atoms in total. The fraction of sp³-hybridized carbons (Fsp3) is 0.833. The molecule has 0 aliphatic heterocycles. The maximum atomic E-state index is 3.25. The Hall–Kier alpha value is 0.177. The molecular formula is C6H16NSi. The van der Waals surface area contributed by atoms with Crippen LogP contribution in [0.1, 0.15) is 26.7 Å². The predicted octanol–water partition coefficient (Wildman–Crippen LogP) is 0.251. The van der Waals surface area contributed by atoms with Crippen LogP contribution < -0.4 is 4.98 Å². The Balaban J connectivity index is 2.72. The predicted molar refractivity (Wildman–Crippen MR) is 41.8 cm³/mol. The molecule has 0 spiro atoms. The first-order chi connectivity index (χ1) is 3.77. The average molecular weight is 130 g/mol. The normalized spacial score (nSPS) is 10.9. The summed E-state index contributed by atoms with van der Waals surface area (Å²) in [5.74, 6) is 1.54. The summed E-state index contributed by atoms with van der Waals surface area (Å²) >= 11 is 0. The Morgan fingerprint density at radius 2 is 2.12 bits per heavy atom. The van der Waals surface area contributed by atoms with Crippen LogP contribution in [0.25, 0.3) is 0 Å². The van der Waals surface area contributed by atoms with Crippen molar-refractivity contribution in [1.29, 1.82) is 0 Å². The number of hydrogen-bond acceptors (Lipinski definition) is 1. The highest BCUT2D eigenvalue weighted by atomic mass is 28.2. The van der Waals surface area contributed by atoms with Crippen LogP contribution in [0.4, 0.5) is 0 Å². The molecule has 0 amide bonds. The number of nitrogens with one attached hydrogen (secondary N) is 1. The van der Waals surface area contributed by atoms with E-state index in [4.69, 9.17) is 0 Å². The third kappa shape index (κ3) is 6.18. The molecule has 0 unspecified atom stereocenters. The minimum atomic E-state index is 1.14. The molecular weight excluding hydrogens is 114 g/mol. The van der Waals surface area contributed by atoms with Gasteiger partial charge in [0.25, 0.3) is 0 Å². The van der Waals surface area contributed by atoms with Gasteiger partial charge in [0.2, 0.25) is 0 Å². The molecule has 8 heavy (non-hydrogen) atoms. The summed E-state index contributed by atoms with van der Waals surface area (Å²) in [6.07, 6.45) is 2.60. The Kier molecular flexibility index (Phi) is 5.43. The lowest BCUT2D eigenvalue weighted by atomic mass is 10.1. The van der Waals surface area contributed by atoms with Gasteiger partial charge < -0.3 is 4.98 Å². The SMILES string of the molecule is C[C](C)CCCN[SiH3]. The molecule has 0 atom stereocenters. The summed E-state index contributed by atoms with van der Waals surface area (Å²) in [7, 11) is 1.14. The van der Waals surface area contributed by atoms with E-state index in [-0.39, 0.29) is 0 Å². The highest BCUT2D eigenvalue weighted by molar-refractivity contribution is 6.04.